The Bertz CT molecular complexity index is 1010. The third-order valence-electron chi connectivity index (χ3n) is 4.26. The van der Waals surface area contributed by atoms with Gasteiger partial charge in [0.1, 0.15) is 0 Å². The highest BCUT2D eigenvalue weighted by atomic mass is 32.1. The largest absolute Gasteiger partial charge is 0.347 e. The van der Waals surface area contributed by atoms with E-state index in [2.05, 4.69) is 17.4 Å². The van der Waals surface area contributed by atoms with Crippen LogP contribution >= 0.6 is 11.3 Å². The maximum Gasteiger partial charge on any atom is 0.261 e. The van der Waals surface area contributed by atoms with E-state index in [0.717, 1.165) is 16.8 Å². The number of nitrogens with zero attached hydrogens (tertiary/aromatic N) is 2. The monoisotopic (exact) mass is 373 g/mol. The fourth-order valence-corrected chi connectivity index (χ4v) is 3.59. The summed E-state index contributed by atoms with van der Waals surface area (Å²) in [4.78, 5) is 13.0. The second-order valence-corrected chi connectivity index (χ2v) is 7.16. The van der Waals surface area contributed by atoms with Gasteiger partial charge in [0.15, 0.2) is 0 Å². The summed E-state index contributed by atoms with van der Waals surface area (Å²) in [6, 6.07) is 24.0. The molecule has 0 unspecified atom stereocenters. The summed E-state index contributed by atoms with van der Waals surface area (Å²) >= 11 is 1.44. The van der Waals surface area contributed by atoms with Crippen LogP contribution in [0, 0.1) is 0 Å². The smallest absolute Gasteiger partial charge is 0.261 e. The van der Waals surface area contributed by atoms with Gasteiger partial charge in [-0.3, -0.25) is 9.48 Å². The van der Waals surface area contributed by atoms with Crippen molar-refractivity contribution in [3.05, 3.63) is 100 Å². The lowest BCUT2D eigenvalue weighted by atomic mass is 10.1. The molecule has 0 aliphatic rings. The first kappa shape index (κ1) is 17.2. The Morgan fingerprint density at radius 2 is 1.70 bits per heavy atom. The molecule has 2 heterocycles. The van der Waals surface area contributed by atoms with Gasteiger partial charge in [0.25, 0.3) is 5.91 Å². The first-order valence-electron chi connectivity index (χ1n) is 8.77. The Morgan fingerprint density at radius 3 is 2.41 bits per heavy atom. The average Bonchev–Trinajstić information content (AvgIpc) is 3.38. The van der Waals surface area contributed by atoms with Crippen LogP contribution in [0.1, 0.15) is 20.8 Å². The molecule has 27 heavy (non-hydrogen) atoms. The van der Waals surface area contributed by atoms with Crippen molar-refractivity contribution in [1.29, 1.82) is 0 Å². The standard InChI is InChI=1S/C22H19N3OS/c26-22(20-12-7-13-27-20)23-14-19-16-25(15-17-8-3-1-4-9-17)24-21(19)18-10-5-2-6-11-18/h1-13,16H,14-15H2,(H,23,26). The third-order valence-corrected chi connectivity index (χ3v) is 5.13. The lowest BCUT2D eigenvalue weighted by molar-refractivity contribution is 0.0955. The first-order valence-corrected chi connectivity index (χ1v) is 9.65. The number of nitrogens with one attached hydrogen (secondary N) is 1. The molecule has 4 aromatic rings. The fraction of sp³-hybridized carbons (Fsp3) is 0.0909. The predicted molar refractivity (Wildman–Crippen MR) is 109 cm³/mol. The van der Waals surface area contributed by atoms with E-state index >= 15 is 0 Å². The van der Waals surface area contributed by atoms with E-state index in [1.54, 1.807) is 0 Å². The maximum absolute atomic E-state index is 12.3. The second-order valence-electron chi connectivity index (χ2n) is 6.21. The van der Waals surface area contributed by atoms with Gasteiger partial charge in [-0.2, -0.15) is 5.10 Å². The summed E-state index contributed by atoms with van der Waals surface area (Å²) in [5.41, 5.74) is 4.14. The van der Waals surface area contributed by atoms with Crippen LogP contribution in [0.3, 0.4) is 0 Å². The highest BCUT2D eigenvalue weighted by Gasteiger charge is 2.13. The third kappa shape index (κ3) is 4.15. The van der Waals surface area contributed by atoms with E-state index in [9.17, 15) is 4.79 Å². The van der Waals surface area contributed by atoms with Crippen molar-refractivity contribution in [3.8, 4) is 11.3 Å². The van der Waals surface area contributed by atoms with E-state index in [-0.39, 0.29) is 5.91 Å². The quantitative estimate of drug-likeness (QED) is 0.537. The van der Waals surface area contributed by atoms with Crippen LogP contribution in [-0.4, -0.2) is 15.7 Å². The lowest BCUT2D eigenvalue weighted by Crippen LogP contribution is -2.21. The minimum atomic E-state index is -0.0557. The molecule has 0 bridgehead atoms. The minimum absolute atomic E-state index is 0.0557. The Morgan fingerprint density at radius 1 is 0.963 bits per heavy atom. The molecule has 4 rings (SSSR count). The molecule has 1 N–H and O–H groups in total. The number of benzene rings is 2. The van der Waals surface area contributed by atoms with E-state index in [1.165, 1.54) is 16.9 Å². The van der Waals surface area contributed by atoms with Crippen molar-refractivity contribution < 1.29 is 4.79 Å². The Balaban J connectivity index is 1.59. The predicted octanol–water partition coefficient (Wildman–Crippen LogP) is 4.59. The van der Waals surface area contributed by atoms with Gasteiger partial charge in [-0.05, 0) is 17.0 Å². The summed E-state index contributed by atoms with van der Waals surface area (Å²) in [5, 5.41) is 9.70. The molecule has 0 aliphatic heterocycles. The molecule has 0 fully saturated rings. The van der Waals surface area contributed by atoms with E-state index in [1.807, 2.05) is 76.9 Å². The van der Waals surface area contributed by atoms with Gasteiger partial charge >= 0.3 is 0 Å². The van der Waals surface area contributed by atoms with Crippen molar-refractivity contribution >= 4 is 17.2 Å². The molecule has 0 spiro atoms. The first-order chi connectivity index (χ1) is 13.3. The van der Waals surface area contributed by atoms with Crippen LogP contribution in [0.2, 0.25) is 0 Å². The van der Waals surface area contributed by atoms with Crippen molar-refractivity contribution in [2.75, 3.05) is 0 Å². The molecule has 2 aromatic heterocycles. The number of aromatic nitrogens is 2. The highest BCUT2D eigenvalue weighted by molar-refractivity contribution is 7.12. The number of carbonyl (C=O) groups excluding carboxylic acids is 1. The van der Waals surface area contributed by atoms with E-state index in [4.69, 9.17) is 5.10 Å². The van der Waals surface area contributed by atoms with Crippen LogP contribution in [0.4, 0.5) is 0 Å². The summed E-state index contributed by atoms with van der Waals surface area (Å²) in [6.07, 6.45) is 2.02. The maximum atomic E-state index is 12.3. The molecule has 0 saturated carbocycles. The topological polar surface area (TPSA) is 46.9 Å². The molecule has 5 heteroatoms. The van der Waals surface area contributed by atoms with Gasteiger partial charge in [-0.15, -0.1) is 11.3 Å². The molecule has 0 atom stereocenters. The summed E-state index contributed by atoms with van der Waals surface area (Å²) in [6.45, 7) is 1.13. The Hall–Kier alpha value is -3.18. The van der Waals surface area contributed by atoms with Crippen LogP contribution < -0.4 is 5.32 Å². The highest BCUT2D eigenvalue weighted by Crippen LogP contribution is 2.22. The van der Waals surface area contributed by atoms with Gasteiger partial charge in [0.2, 0.25) is 0 Å². The second kappa shape index (κ2) is 8.01. The van der Waals surface area contributed by atoms with Crippen LogP contribution in [-0.2, 0) is 13.1 Å². The van der Waals surface area contributed by atoms with Crippen LogP contribution in [0.5, 0.6) is 0 Å². The Kier molecular flexibility index (Phi) is 5.12. The van der Waals surface area contributed by atoms with Crippen LogP contribution in [0.25, 0.3) is 11.3 Å². The number of amides is 1. The normalized spacial score (nSPS) is 10.7. The van der Waals surface area contributed by atoms with Crippen molar-refractivity contribution in [2.45, 2.75) is 13.1 Å². The van der Waals surface area contributed by atoms with E-state index in [0.29, 0.717) is 18.0 Å². The summed E-state index contributed by atoms with van der Waals surface area (Å²) < 4.78 is 1.93. The molecule has 2 aromatic carbocycles. The molecule has 134 valence electrons. The summed E-state index contributed by atoms with van der Waals surface area (Å²) in [7, 11) is 0. The number of hydrogen-bond donors (Lipinski definition) is 1. The molecular formula is C22H19N3OS. The fourth-order valence-electron chi connectivity index (χ4n) is 2.95. The molecule has 1 amide bonds. The van der Waals surface area contributed by atoms with Crippen molar-refractivity contribution in [2.24, 2.45) is 0 Å². The molecular weight excluding hydrogens is 354 g/mol. The SMILES string of the molecule is O=C(NCc1cn(Cc2ccccc2)nc1-c1ccccc1)c1cccs1. The zero-order valence-electron chi connectivity index (χ0n) is 14.7. The van der Waals surface area contributed by atoms with Gasteiger partial charge < -0.3 is 5.32 Å². The van der Waals surface area contributed by atoms with E-state index < -0.39 is 0 Å². The van der Waals surface area contributed by atoms with Gasteiger partial charge in [0, 0.05) is 23.9 Å². The van der Waals surface area contributed by atoms with Gasteiger partial charge in [0.05, 0.1) is 17.1 Å². The zero-order chi connectivity index (χ0) is 18.5. The number of hydrogen-bond acceptors (Lipinski definition) is 3. The molecule has 0 radical (unpaired) electrons. The molecule has 0 saturated heterocycles. The number of thiophene rings is 1. The summed E-state index contributed by atoms with van der Waals surface area (Å²) in [5.74, 6) is -0.0557. The van der Waals surface area contributed by atoms with Crippen molar-refractivity contribution in [3.63, 3.8) is 0 Å². The van der Waals surface area contributed by atoms with Gasteiger partial charge in [-0.25, -0.2) is 0 Å². The lowest BCUT2D eigenvalue weighted by Gasteiger charge is -2.04. The number of rotatable bonds is 6. The van der Waals surface area contributed by atoms with Gasteiger partial charge in [-0.1, -0.05) is 66.7 Å². The zero-order valence-corrected chi connectivity index (χ0v) is 15.5. The van der Waals surface area contributed by atoms with Crippen molar-refractivity contribution in [1.82, 2.24) is 15.1 Å². The minimum Gasteiger partial charge on any atom is -0.347 e. The molecule has 4 nitrogen and oxygen atoms in total. The molecule has 0 aliphatic carbocycles. The average molecular weight is 373 g/mol. The Labute approximate surface area is 162 Å². The van der Waals surface area contributed by atoms with Crippen LogP contribution in [0.15, 0.2) is 84.4 Å². The number of carbonyl (C=O) groups is 1.